The maximum atomic E-state index is 13.4. The minimum Gasteiger partial charge on any atom is -0.321 e. The zero-order valence-corrected chi connectivity index (χ0v) is 18.4. The zero-order chi connectivity index (χ0) is 22.2. The molecule has 0 radical (unpaired) electrons. The number of halogens is 2. The maximum absolute atomic E-state index is 13.4. The number of allylic oxidation sites excluding steroid dienone is 1. The number of nitrogens with one attached hydrogen (secondary N) is 1. The van der Waals surface area contributed by atoms with Crippen molar-refractivity contribution in [2.75, 3.05) is 12.4 Å². The number of carbonyl (C=O) groups excluding carboxylic acids is 1. The summed E-state index contributed by atoms with van der Waals surface area (Å²) in [4.78, 5) is 13.4. The molecule has 1 amide bonds. The highest BCUT2D eigenvalue weighted by Crippen LogP contribution is 2.29. The fourth-order valence-electron chi connectivity index (χ4n) is 2.90. The Kier molecular flexibility index (Phi) is 5.65. The van der Waals surface area contributed by atoms with Crippen LogP contribution >= 0.6 is 22.9 Å². The number of rotatable bonds is 4. The largest absolute Gasteiger partial charge is 0.345 e. The summed E-state index contributed by atoms with van der Waals surface area (Å²) in [6.07, 6.45) is 1.40. The first-order chi connectivity index (χ1) is 14.7. The average molecular weight is 476 g/mol. The lowest BCUT2D eigenvalue weighted by Gasteiger charge is -2.23. The molecule has 0 saturated carbocycles. The van der Waals surface area contributed by atoms with Crippen LogP contribution in [0.3, 0.4) is 0 Å². The lowest BCUT2D eigenvalue weighted by atomic mass is 10.1. The Labute approximate surface area is 187 Å². The van der Waals surface area contributed by atoms with E-state index in [9.17, 15) is 17.6 Å². The molecule has 0 aliphatic carbocycles. The van der Waals surface area contributed by atoms with E-state index in [1.54, 1.807) is 0 Å². The van der Waals surface area contributed by atoms with Crippen molar-refractivity contribution in [1.82, 2.24) is 4.31 Å². The molecular formula is C21H15ClFN3O3S2. The van der Waals surface area contributed by atoms with E-state index in [1.165, 1.54) is 36.6 Å². The van der Waals surface area contributed by atoms with Crippen molar-refractivity contribution >= 4 is 50.5 Å². The Morgan fingerprint density at radius 3 is 2.58 bits per heavy atom. The molecule has 1 aromatic heterocycles. The van der Waals surface area contributed by atoms with Gasteiger partial charge in [-0.2, -0.15) is 8.42 Å². The van der Waals surface area contributed by atoms with Crippen molar-refractivity contribution in [3.8, 4) is 11.1 Å². The van der Waals surface area contributed by atoms with Crippen LogP contribution in [0.1, 0.15) is 4.88 Å². The van der Waals surface area contributed by atoms with Crippen LogP contribution in [0.4, 0.5) is 10.1 Å². The molecule has 10 heteroatoms. The first-order valence-electron chi connectivity index (χ1n) is 8.96. The van der Waals surface area contributed by atoms with Crippen molar-refractivity contribution in [3.05, 3.63) is 87.5 Å². The maximum Gasteiger partial charge on any atom is 0.345 e. The lowest BCUT2D eigenvalue weighted by molar-refractivity contribution is -0.113. The van der Waals surface area contributed by atoms with E-state index in [0.717, 1.165) is 21.5 Å². The van der Waals surface area contributed by atoms with Crippen molar-refractivity contribution in [3.63, 3.8) is 0 Å². The van der Waals surface area contributed by atoms with Crippen molar-refractivity contribution < 1.29 is 17.6 Å². The van der Waals surface area contributed by atoms with Gasteiger partial charge in [0, 0.05) is 12.7 Å². The van der Waals surface area contributed by atoms with Crippen molar-refractivity contribution in [2.45, 2.75) is 0 Å². The Balaban J connectivity index is 1.67. The molecule has 1 N–H and O–H groups in total. The van der Waals surface area contributed by atoms with Crippen molar-refractivity contribution in [2.24, 2.45) is 4.40 Å². The summed E-state index contributed by atoms with van der Waals surface area (Å²) in [5, 5.41) is 4.27. The third kappa shape index (κ3) is 4.39. The zero-order valence-electron chi connectivity index (χ0n) is 16.0. The first-order valence-corrected chi connectivity index (χ1v) is 11.6. The van der Waals surface area contributed by atoms with Crippen molar-refractivity contribution in [1.29, 1.82) is 0 Å². The number of amides is 1. The molecule has 31 heavy (non-hydrogen) atoms. The molecule has 158 valence electrons. The van der Waals surface area contributed by atoms with Gasteiger partial charge in [0.25, 0.3) is 5.91 Å². The van der Waals surface area contributed by atoms with E-state index in [1.807, 2.05) is 41.8 Å². The van der Waals surface area contributed by atoms with E-state index in [4.69, 9.17) is 11.6 Å². The number of thiophene rings is 1. The predicted octanol–water partition coefficient (Wildman–Crippen LogP) is 4.71. The fourth-order valence-corrected chi connectivity index (χ4v) is 4.93. The molecule has 0 fully saturated rings. The summed E-state index contributed by atoms with van der Waals surface area (Å²) in [6.45, 7) is 0. The number of carbonyl (C=O) groups is 1. The van der Waals surface area contributed by atoms with Crippen LogP contribution in [0.15, 0.2) is 76.1 Å². The van der Waals surface area contributed by atoms with Gasteiger partial charge in [0.05, 0.1) is 15.6 Å². The summed E-state index contributed by atoms with van der Waals surface area (Å²) in [5.41, 5.74) is 2.17. The molecule has 4 rings (SSSR count). The van der Waals surface area contributed by atoms with Crippen LogP contribution in [0.2, 0.25) is 5.02 Å². The highest BCUT2D eigenvalue weighted by Gasteiger charge is 2.30. The Morgan fingerprint density at radius 1 is 1.13 bits per heavy atom. The van der Waals surface area contributed by atoms with E-state index < -0.39 is 21.9 Å². The predicted molar refractivity (Wildman–Crippen MR) is 121 cm³/mol. The van der Waals surface area contributed by atoms with Gasteiger partial charge in [-0.25, -0.2) is 8.70 Å². The highest BCUT2D eigenvalue weighted by atomic mass is 35.5. The number of hydrogen-bond donors (Lipinski definition) is 1. The second-order valence-corrected chi connectivity index (χ2v) is 9.54. The van der Waals surface area contributed by atoms with Crippen LogP contribution in [-0.4, -0.2) is 31.4 Å². The second-order valence-electron chi connectivity index (χ2n) is 6.60. The van der Waals surface area contributed by atoms with Gasteiger partial charge in [0.1, 0.15) is 11.5 Å². The third-order valence-electron chi connectivity index (χ3n) is 4.54. The molecule has 0 spiro atoms. The standard InChI is InChI=1S/C21H15ClFN3O3S2/c1-26-19(21(27)24-15-7-8-17(23)16(22)10-15)11-18(25-31(26,28)29)20-9-14(12-30-20)13-5-3-2-4-6-13/h2-12H,1H3,(H,24,27). The smallest absolute Gasteiger partial charge is 0.321 e. The second kappa shape index (κ2) is 8.26. The quantitative estimate of drug-likeness (QED) is 0.593. The van der Waals surface area contributed by atoms with Gasteiger partial charge in [-0.15, -0.1) is 15.7 Å². The van der Waals surface area contributed by atoms with Gasteiger partial charge < -0.3 is 5.32 Å². The van der Waals surface area contributed by atoms with Crippen LogP contribution in [-0.2, 0) is 15.0 Å². The summed E-state index contributed by atoms with van der Waals surface area (Å²) in [6, 6.07) is 15.1. The summed E-state index contributed by atoms with van der Waals surface area (Å²) in [5.74, 6) is -1.32. The molecule has 6 nitrogen and oxygen atoms in total. The molecule has 1 aliphatic rings. The SMILES string of the molecule is CN1C(C(=O)Nc2ccc(F)c(Cl)c2)=CC(c2cc(-c3ccccc3)cs2)=NS1(=O)=O. The van der Waals surface area contributed by atoms with Crippen LogP contribution in [0.5, 0.6) is 0 Å². The monoisotopic (exact) mass is 475 g/mol. The van der Waals surface area contributed by atoms with Gasteiger partial charge in [-0.1, -0.05) is 41.9 Å². The average Bonchev–Trinajstić information content (AvgIpc) is 3.23. The molecule has 1 aliphatic heterocycles. The number of hydrogen-bond acceptors (Lipinski definition) is 4. The molecule has 2 heterocycles. The van der Waals surface area contributed by atoms with Gasteiger partial charge in [0.15, 0.2) is 0 Å². The molecule has 2 aromatic carbocycles. The van der Waals surface area contributed by atoms with Gasteiger partial charge in [0.2, 0.25) is 0 Å². The number of anilines is 1. The minimum absolute atomic E-state index is 0.125. The summed E-state index contributed by atoms with van der Waals surface area (Å²) in [7, 11) is -2.86. The molecule has 0 unspecified atom stereocenters. The third-order valence-corrected chi connectivity index (χ3v) is 7.10. The Bertz CT molecular complexity index is 1330. The van der Waals surface area contributed by atoms with E-state index in [2.05, 4.69) is 9.71 Å². The molecule has 0 atom stereocenters. The van der Waals surface area contributed by atoms with E-state index in [-0.39, 0.29) is 22.1 Å². The number of nitrogens with zero attached hydrogens (tertiary/aromatic N) is 2. The Hall–Kier alpha value is -3.01. The highest BCUT2D eigenvalue weighted by molar-refractivity contribution is 7.88. The minimum atomic E-state index is -4.10. The number of likely N-dealkylation sites (N-methyl/N-ethyl adjacent to an activating group) is 1. The summed E-state index contributed by atoms with van der Waals surface area (Å²) < 4.78 is 43.1. The lowest BCUT2D eigenvalue weighted by Crippen LogP contribution is -2.35. The molecule has 0 bridgehead atoms. The van der Waals surface area contributed by atoms with E-state index in [0.29, 0.717) is 4.88 Å². The van der Waals surface area contributed by atoms with E-state index >= 15 is 0 Å². The van der Waals surface area contributed by atoms with Crippen LogP contribution in [0.25, 0.3) is 11.1 Å². The normalized spacial score (nSPS) is 15.3. The number of benzene rings is 2. The van der Waals surface area contributed by atoms with Crippen LogP contribution < -0.4 is 5.32 Å². The topological polar surface area (TPSA) is 78.8 Å². The van der Waals surface area contributed by atoms with Gasteiger partial charge in [-0.05, 0) is 46.8 Å². The molecule has 3 aromatic rings. The first kappa shape index (κ1) is 21.2. The molecular weight excluding hydrogens is 461 g/mol. The van der Waals surface area contributed by atoms with Crippen LogP contribution in [0, 0.1) is 5.82 Å². The molecule has 0 saturated heterocycles. The Morgan fingerprint density at radius 2 is 1.87 bits per heavy atom. The fraction of sp³-hybridized carbons (Fsp3) is 0.0476. The van der Waals surface area contributed by atoms with Gasteiger partial charge in [-0.3, -0.25) is 4.79 Å². The van der Waals surface area contributed by atoms with Gasteiger partial charge >= 0.3 is 10.2 Å². The summed E-state index contributed by atoms with van der Waals surface area (Å²) >= 11 is 7.07.